The molecular formula is C23H18N8O. The largest absolute Gasteiger partial charge is 0.497 e. The molecule has 0 fully saturated rings. The molecule has 0 atom stereocenters. The molecule has 6 aromatic rings. The number of aryl methyl sites for hydroxylation is 1. The topological polar surface area (TPSA) is 110 Å². The average Bonchev–Trinajstić information content (AvgIpc) is 3.55. The van der Waals surface area contributed by atoms with E-state index in [0.717, 1.165) is 50.3 Å². The molecule has 2 N–H and O–H groups in total. The number of pyridine rings is 2. The van der Waals surface area contributed by atoms with E-state index in [4.69, 9.17) is 14.7 Å². The van der Waals surface area contributed by atoms with Crippen molar-refractivity contribution in [1.29, 1.82) is 0 Å². The van der Waals surface area contributed by atoms with Crippen molar-refractivity contribution >= 4 is 22.1 Å². The number of nitrogens with zero attached hydrogens (tertiary/aromatic N) is 6. The van der Waals surface area contributed by atoms with Crippen molar-refractivity contribution in [2.45, 2.75) is 0 Å². The fourth-order valence-corrected chi connectivity index (χ4v) is 3.81. The van der Waals surface area contributed by atoms with Crippen molar-refractivity contribution in [3.05, 3.63) is 61.1 Å². The van der Waals surface area contributed by atoms with Crippen molar-refractivity contribution < 1.29 is 4.74 Å². The zero-order valence-electron chi connectivity index (χ0n) is 17.4. The zero-order chi connectivity index (χ0) is 21.7. The minimum Gasteiger partial charge on any atom is -0.497 e. The Bertz CT molecular complexity index is 1590. The molecule has 0 radical (unpaired) electrons. The molecule has 0 bridgehead atoms. The summed E-state index contributed by atoms with van der Waals surface area (Å²) >= 11 is 0. The van der Waals surface area contributed by atoms with Crippen LogP contribution in [0.2, 0.25) is 0 Å². The third kappa shape index (κ3) is 2.90. The minimum absolute atomic E-state index is 0.624. The molecule has 6 rings (SSSR count). The van der Waals surface area contributed by atoms with Crippen molar-refractivity contribution in [2.75, 3.05) is 7.11 Å². The van der Waals surface area contributed by atoms with E-state index in [1.807, 2.05) is 55.7 Å². The van der Waals surface area contributed by atoms with Crippen molar-refractivity contribution in [2.24, 2.45) is 7.05 Å². The van der Waals surface area contributed by atoms with Crippen molar-refractivity contribution in [3.8, 4) is 39.8 Å². The first kappa shape index (κ1) is 18.3. The van der Waals surface area contributed by atoms with Gasteiger partial charge in [0.25, 0.3) is 0 Å². The van der Waals surface area contributed by atoms with E-state index in [2.05, 4.69) is 25.3 Å². The van der Waals surface area contributed by atoms with Gasteiger partial charge in [0.2, 0.25) is 0 Å². The first-order valence-corrected chi connectivity index (χ1v) is 10.0. The first-order chi connectivity index (χ1) is 15.7. The van der Waals surface area contributed by atoms with Gasteiger partial charge in [-0.2, -0.15) is 10.2 Å². The Morgan fingerprint density at radius 1 is 0.938 bits per heavy atom. The molecule has 5 aromatic heterocycles. The van der Waals surface area contributed by atoms with Crippen LogP contribution < -0.4 is 4.74 Å². The highest BCUT2D eigenvalue weighted by molar-refractivity contribution is 5.95. The van der Waals surface area contributed by atoms with Gasteiger partial charge in [-0.1, -0.05) is 12.1 Å². The Labute approximate surface area is 182 Å². The molecule has 0 unspecified atom stereocenters. The standard InChI is InChI=1S/C23H18N8O/c1-31-12-14(11-25-31)16-6-7-18-21(26-16)22(30-29-18)23-27-17-8-9-24-19(20(17)28-23)13-4-3-5-15(10-13)32-2/h3-12H,1-2H3,(H,27,28)(H,29,30). The molecule has 0 saturated carbocycles. The van der Waals surface area contributed by atoms with Gasteiger partial charge in [0.15, 0.2) is 11.5 Å². The summed E-state index contributed by atoms with van der Waals surface area (Å²) in [6.45, 7) is 0. The molecule has 0 aliphatic heterocycles. The van der Waals surface area contributed by atoms with Crippen LogP contribution in [0.3, 0.4) is 0 Å². The van der Waals surface area contributed by atoms with Crippen molar-refractivity contribution in [3.63, 3.8) is 0 Å². The van der Waals surface area contributed by atoms with E-state index in [-0.39, 0.29) is 0 Å². The van der Waals surface area contributed by atoms with E-state index >= 15 is 0 Å². The Balaban J connectivity index is 1.50. The highest BCUT2D eigenvalue weighted by Crippen LogP contribution is 2.31. The Kier molecular flexibility index (Phi) is 4.00. The molecule has 0 saturated heterocycles. The summed E-state index contributed by atoms with van der Waals surface area (Å²) in [5.41, 5.74) is 7.31. The number of hydrogen-bond donors (Lipinski definition) is 2. The van der Waals surface area contributed by atoms with E-state index in [1.54, 1.807) is 24.2 Å². The van der Waals surface area contributed by atoms with Crippen LogP contribution in [0.1, 0.15) is 0 Å². The third-order valence-electron chi connectivity index (χ3n) is 5.38. The number of nitrogens with one attached hydrogen (secondary N) is 2. The molecule has 32 heavy (non-hydrogen) atoms. The van der Waals surface area contributed by atoms with Crippen LogP contribution in [0, 0.1) is 0 Å². The Morgan fingerprint density at radius 2 is 1.84 bits per heavy atom. The lowest BCUT2D eigenvalue weighted by atomic mass is 10.1. The highest BCUT2D eigenvalue weighted by atomic mass is 16.5. The predicted molar refractivity (Wildman–Crippen MR) is 121 cm³/mol. The highest BCUT2D eigenvalue weighted by Gasteiger charge is 2.17. The molecule has 0 aliphatic rings. The predicted octanol–water partition coefficient (Wildman–Crippen LogP) is 3.97. The fraction of sp³-hybridized carbons (Fsp3) is 0.0870. The number of aromatic nitrogens is 8. The summed E-state index contributed by atoms with van der Waals surface area (Å²) in [6, 6.07) is 13.6. The number of hydrogen-bond acceptors (Lipinski definition) is 6. The number of aromatic amines is 2. The maximum Gasteiger partial charge on any atom is 0.161 e. The van der Waals surface area contributed by atoms with E-state index in [9.17, 15) is 0 Å². The van der Waals surface area contributed by atoms with Crippen LogP contribution >= 0.6 is 0 Å². The maximum atomic E-state index is 5.37. The second-order valence-corrected chi connectivity index (χ2v) is 7.44. The molecule has 0 aliphatic carbocycles. The Hall–Kier alpha value is -4.53. The van der Waals surface area contributed by atoms with Gasteiger partial charge in [-0.25, -0.2) is 9.97 Å². The second kappa shape index (κ2) is 7.02. The van der Waals surface area contributed by atoms with Gasteiger partial charge in [0.05, 0.1) is 35.7 Å². The van der Waals surface area contributed by atoms with E-state index < -0.39 is 0 Å². The van der Waals surface area contributed by atoms with Gasteiger partial charge in [-0.05, 0) is 30.3 Å². The molecule has 9 heteroatoms. The molecular weight excluding hydrogens is 404 g/mol. The Morgan fingerprint density at radius 3 is 2.69 bits per heavy atom. The van der Waals surface area contributed by atoms with Crippen LogP contribution in [-0.4, -0.2) is 47.0 Å². The molecule has 0 spiro atoms. The first-order valence-electron chi connectivity index (χ1n) is 10.0. The number of fused-ring (bicyclic) bond motifs is 2. The van der Waals surface area contributed by atoms with E-state index in [0.29, 0.717) is 11.5 Å². The van der Waals surface area contributed by atoms with Gasteiger partial charge >= 0.3 is 0 Å². The molecule has 9 nitrogen and oxygen atoms in total. The van der Waals surface area contributed by atoms with Crippen LogP contribution in [0.4, 0.5) is 0 Å². The van der Waals surface area contributed by atoms with Gasteiger partial charge in [0, 0.05) is 30.6 Å². The quantitative estimate of drug-likeness (QED) is 0.445. The van der Waals surface area contributed by atoms with Gasteiger partial charge in [0.1, 0.15) is 16.8 Å². The number of imidazole rings is 1. The normalized spacial score (nSPS) is 11.4. The number of ether oxygens (including phenoxy) is 1. The summed E-state index contributed by atoms with van der Waals surface area (Å²) in [7, 11) is 3.53. The van der Waals surface area contributed by atoms with Gasteiger partial charge in [-0.3, -0.25) is 14.8 Å². The lowest BCUT2D eigenvalue weighted by molar-refractivity contribution is 0.415. The monoisotopic (exact) mass is 422 g/mol. The summed E-state index contributed by atoms with van der Waals surface area (Å²) in [5, 5.41) is 11.8. The van der Waals surface area contributed by atoms with Crippen LogP contribution in [-0.2, 0) is 7.05 Å². The lowest BCUT2D eigenvalue weighted by Gasteiger charge is -2.04. The van der Waals surface area contributed by atoms with E-state index in [1.165, 1.54) is 0 Å². The molecule has 5 heterocycles. The minimum atomic E-state index is 0.624. The van der Waals surface area contributed by atoms with Crippen LogP contribution in [0.15, 0.2) is 61.1 Å². The summed E-state index contributed by atoms with van der Waals surface area (Å²) in [5.74, 6) is 1.39. The van der Waals surface area contributed by atoms with Crippen LogP contribution in [0.5, 0.6) is 5.75 Å². The summed E-state index contributed by atoms with van der Waals surface area (Å²) < 4.78 is 7.12. The van der Waals surface area contributed by atoms with Gasteiger partial charge in [-0.15, -0.1) is 0 Å². The maximum absolute atomic E-state index is 5.37. The fourth-order valence-electron chi connectivity index (χ4n) is 3.81. The van der Waals surface area contributed by atoms with Crippen LogP contribution in [0.25, 0.3) is 56.1 Å². The average molecular weight is 422 g/mol. The number of benzene rings is 1. The summed E-state index contributed by atoms with van der Waals surface area (Å²) in [4.78, 5) is 17.6. The zero-order valence-corrected chi connectivity index (χ0v) is 17.4. The molecule has 1 aromatic carbocycles. The van der Waals surface area contributed by atoms with Gasteiger partial charge < -0.3 is 9.72 Å². The smallest absolute Gasteiger partial charge is 0.161 e. The summed E-state index contributed by atoms with van der Waals surface area (Å²) in [6.07, 6.45) is 5.49. The lowest BCUT2D eigenvalue weighted by Crippen LogP contribution is -1.88. The number of H-pyrrole nitrogens is 2. The molecule has 0 amide bonds. The second-order valence-electron chi connectivity index (χ2n) is 7.44. The number of methoxy groups -OCH3 is 1. The third-order valence-corrected chi connectivity index (χ3v) is 5.38. The molecule has 156 valence electrons. The SMILES string of the molecule is COc1cccc(-c2nccc3[nH]c(-c4n[nH]c5ccc(-c6cnn(C)c6)nc45)nc23)c1. The number of rotatable bonds is 4. The van der Waals surface area contributed by atoms with Crippen molar-refractivity contribution in [1.82, 2.24) is 39.9 Å².